The second kappa shape index (κ2) is 9.19. The number of hydrogen-bond donors (Lipinski definition) is 2. The van der Waals surface area contributed by atoms with Gasteiger partial charge in [-0.15, -0.1) is 0 Å². The number of benzene rings is 3. The first-order valence-electron chi connectivity index (χ1n) is 9.52. The molecular formula is C23H27N3O. The molecule has 4 nitrogen and oxygen atoms in total. The van der Waals surface area contributed by atoms with Crippen molar-refractivity contribution in [1.29, 1.82) is 0 Å². The molecule has 0 aliphatic rings. The summed E-state index contributed by atoms with van der Waals surface area (Å²) >= 11 is 0. The summed E-state index contributed by atoms with van der Waals surface area (Å²) in [6, 6.07) is 22.2. The van der Waals surface area contributed by atoms with Crippen LogP contribution in [0.4, 0.5) is 10.5 Å². The van der Waals surface area contributed by atoms with E-state index in [1.54, 1.807) is 0 Å². The first-order valence-corrected chi connectivity index (χ1v) is 9.52. The van der Waals surface area contributed by atoms with Crippen LogP contribution in [0.25, 0.3) is 10.8 Å². The van der Waals surface area contributed by atoms with Gasteiger partial charge in [0.2, 0.25) is 0 Å². The minimum atomic E-state index is -0.194. The summed E-state index contributed by atoms with van der Waals surface area (Å²) in [6.45, 7) is 7.85. The van der Waals surface area contributed by atoms with Crippen molar-refractivity contribution < 1.29 is 4.79 Å². The number of urea groups is 1. The first-order chi connectivity index (χ1) is 13.2. The van der Waals surface area contributed by atoms with Crippen LogP contribution < -0.4 is 10.6 Å². The molecule has 140 valence electrons. The molecule has 0 atom stereocenters. The molecule has 0 aliphatic heterocycles. The van der Waals surface area contributed by atoms with Gasteiger partial charge < -0.3 is 10.6 Å². The van der Waals surface area contributed by atoms with E-state index in [0.717, 1.165) is 41.7 Å². The Bertz CT molecular complexity index is 898. The average molecular weight is 361 g/mol. The van der Waals surface area contributed by atoms with E-state index >= 15 is 0 Å². The van der Waals surface area contributed by atoms with Gasteiger partial charge in [-0.05, 0) is 35.7 Å². The Morgan fingerprint density at radius 3 is 2.41 bits per heavy atom. The molecule has 4 heteroatoms. The lowest BCUT2D eigenvalue weighted by Gasteiger charge is -2.18. The molecule has 0 fully saturated rings. The standard InChI is InChI=1S/C23H27N3O/c1-3-26(4-2)17-19-10-7-9-18(15-19)16-24-23(27)25-22-14-8-12-20-11-5-6-13-21(20)22/h5-15H,3-4,16-17H2,1-2H3,(H2,24,25,27). The van der Waals surface area contributed by atoms with Crippen LogP contribution in [0.15, 0.2) is 66.7 Å². The van der Waals surface area contributed by atoms with Crippen molar-refractivity contribution in [3.05, 3.63) is 77.9 Å². The molecule has 0 spiro atoms. The molecule has 0 bridgehead atoms. The summed E-state index contributed by atoms with van der Waals surface area (Å²) in [5.41, 5.74) is 3.20. The second-order valence-corrected chi connectivity index (χ2v) is 6.62. The lowest BCUT2D eigenvalue weighted by Crippen LogP contribution is -2.28. The number of anilines is 1. The minimum Gasteiger partial charge on any atom is -0.334 e. The van der Waals surface area contributed by atoms with Crippen LogP contribution in [0, 0.1) is 0 Å². The van der Waals surface area contributed by atoms with Crippen molar-refractivity contribution in [2.24, 2.45) is 0 Å². The summed E-state index contributed by atoms with van der Waals surface area (Å²) in [5, 5.41) is 8.07. The predicted octanol–water partition coefficient (Wildman–Crippen LogP) is 5.00. The van der Waals surface area contributed by atoms with E-state index in [9.17, 15) is 4.79 Å². The van der Waals surface area contributed by atoms with Crippen LogP contribution in [0.1, 0.15) is 25.0 Å². The molecular weight excluding hydrogens is 334 g/mol. The molecule has 0 heterocycles. The van der Waals surface area contributed by atoms with Crippen molar-refractivity contribution in [2.45, 2.75) is 26.9 Å². The molecule has 2 N–H and O–H groups in total. The van der Waals surface area contributed by atoms with Crippen molar-refractivity contribution in [3.8, 4) is 0 Å². The fourth-order valence-electron chi connectivity index (χ4n) is 3.23. The molecule has 0 unspecified atom stereocenters. The Kier molecular flexibility index (Phi) is 6.44. The zero-order valence-electron chi connectivity index (χ0n) is 16.0. The van der Waals surface area contributed by atoms with Crippen molar-refractivity contribution in [2.75, 3.05) is 18.4 Å². The van der Waals surface area contributed by atoms with E-state index in [1.807, 2.05) is 48.5 Å². The maximum absolute atomic E-state index is 12.4. The first kappa shape index (κ1) is 18.9. The predicted molar refractivity (Wildman–Crippen MR) is 113 cm³/mol. The van der Waals surface area contributed by atoms with Gasteiger partial charge in [-0.3, -0.25) is 4.90 Å². The second-order valence-electron chi connectivity index (χ2n) is 6.62. The maximum Gasteiger partial charge on any atom is 0.319 e. The molecule has 3 aromatic rings. The van der Waals surface area contributed by atoms with Crippen LogP contribution in [0.5, 0.6) is 0 Å². The Labute approximate surface area is 161 Å². The molecule has 0 saturated carbocycles. The number of carbonyl (C=O) groups excluding carboxylic acids is 1. The SMILES string of the molecule is CCN(CC)Cc1cccc(CNC(=O)Nc2cccc3ccccc23)c1. The van der Waals surface area contributed by atoms with Gasteiger partial charge in [0.15, 0.2) is 0 Å². The van der Waals surface area contributed by atoms with E-state index in [0.29, 0.717) is 6.54 Å². The molecule has 0 aromatic heterocycles. The normalized spacial score (nSPS) is 10.9. The van der Waals surface area contributed by atoms with Crippen molar-refractivity contribution in [3.63, 3.8) is 0 Å². The number of hydrogen-bond acceptors (Lipinski definition) is 2. The fraction of sp³-hybridized carbons (Fsp3) is 0.261. The number of nitrogens with one attached hydrogen (secondary N) is 2. The van der Waals surface area contributed by atoms with Gasteiger partial charge in [-0.2, -0.15) is 0 Å². The molecule has 0 saturated heterocycles. The highest BCUT2D eigenvalue weighted by Gasteiger charge is 2.06. The fourth-order valence-corrected chi connectivity index (χ4v) is 3.23. The number of amides is 2. The van der Waals surface area contributed by atoms with Gasteiger partial charge in [0.1, 0.15) is 0 Å². The van der Waals surface area contributed by atoms with E-state index < -0.39 is 0 Å². The minimum absolute atomic E-state index is 0.194. The smallest absolute Gasteiger partial charge is 0.319 e. The number of fused-ring (bicyclic) bond motifs is 1. The topological polar surface area (TPSA) is 44.4 Å². The highest BCUT2D eigenvalue weighted by molar-refractivity contribution is 6.01. The summed E-state index contributed by atoms with van der Waals surface area (Å²) in [7, 11) is 0. The molecule has 0 aliphatic carbocycles. The summed E-state index contributed by atoms with van der Waals surface area (Å²) in [6.07, 6.45) is 0. The third kappa shape index (κ3) is 5.08. The van der Waals surface area contributed by atoms with E-state index in [2.05, 4.69) is 47.6 Å². The maximum atomic E-state index is 12.4. The van der Waals surface area contributed by atoms with Crippen molar-refractivity contribution >= 4 is 22.5 Å². The lowest BCUT2D eigenvalue weighted by atomic mass is 10.1. The quantitative estimate of drug-likeness (QED) is 0.622. The molecule has 3 rings (SSSR count). The Morgan fingerprint density at radius 1 is 0.889 bits per heavy atom. The van der Waals surface area contributed by atoms with Gasteiger partial charge in [0.25, 0.3) is 0 Å². The average Bonchev–Trinajstić information content (AvgIpc) is 2.71. The van der Waals surface area contributed by atoms with Gasteiger partial charge in [-0.25, -0.2) is 4.79 Å². The number of nitrogens with zero attached hydrogens (tertiary/aromatic N) is 1. The highest BCUT2D eigenvalue weighted by atomic mass is 16.2. The van der Waals surface area contributed by atoms with E-state index in [-0.39, 0.29) is 6.03 Å². The van der Waals surface area contributed by atoms with Gasteiger partial charge >= 0.3 is 6.03 Å². The third-order valence-electron chi connectivity index (χ3n) is 4.78. The van der Waals surface area contributed by atoms with E-state index in [4.69, 9.17) is 0 Å². The lowest BCUT2D eigenvalue weighted by molar-refractivity contribution is 0.252. The van der Waals surface area contributed by atoms with Crippen LogP contribution in [0.3, 0.4) is 0 Å². The van der Waals surface area contributed by atoms with Gasteiger partial charge in [0.05, 0.1) is 5.69 Å². The zero-order valence-corrected chi connectivity index (χ0v) is 16.0. The van der Waals surface area contributed by atoms with Crippen molar-refractivity contribution in [1.82, 2.24) is 10.2 Å². The van der Waals surface area contributed by atoms with Crippen LogP contribution in [-0.2, 0) is 13.1 Å². The van der Waals surface area contributed by atoms with Crippen LogP contribution in [-0.4, -0.2) is 24.0 Å². The van der Waals surface area contributed by atoms with Gasteiger partial charge in [-0.1, -0.05) is 74.5 Å². The molecule has 3 aromatic carbocycles. The van der Waals surface area contributed by atoms with Gasteiger partial charge in [0, 0.05) is 18.5 Å². The number of rotatable bonds is 7. The Hall–Kier alpha value is -2.85. The highest BCUT2D eigenvalue weighted by Crippen LogP contribution is 2.22. The summed E-state index contributed by atoms with van der Waals surface area (Å²) in [5.74, 6) is 0. The van der Waals surface area contributed by atoms with E-state index in [1.165, 1.54) is 5.56 Å². The molecule has 0 radical (unpaired) electrons. The number of carbonyl (C=O) groups is 1. The third-order valence-corrected chi connectivity index (χ3v) is 4.78. The Morgan fingerprint density at radius 2 is 1.59 bits per heavy atom. The molecule has 27 heavy (non-hydrogen) atoms. The molecule has 2 amide bonds. The Balaban J connectivity index is 1.60. The largest absolute Gasteiger partial charge is 0.334 e. The van der Waals surface area contributed by atoms with Crippen LogP contribution >= 0.6 is 0 Å². The monoisotopic (exact) mass is 361 g/mol. The zero-order chi connectivity index (χ0) is 19.1. The summed E-state index contributed by atoms with van der Waals surface area (Å²) in [4.78, 5) is 14.7. The van der Waals surface area contributed by atoms with Crippen LogP contribution in [0.2, 0.25) is 0 Å². The summed E-state index contributed by atoms with van der Waals surface area (Å²) < 4.78 is 0.